The van der Waals surface area contributed by atoms with E-state index in [0.717, 1.165) is 12.7 Å². The number of hydrogen-bond acceptors (Lipinski definition) is 11. The van der Waals surface area contributed by atoms with E-state index in [1.54, 1.807) is 0 Å². The van der Waals surface area contributed by atoms with Crippen molar-refractivity contribution >= 4 is 26.8 Å². The van der Waals surface area contributed by atoms with Gasteiger partial charge >= 0.3 is 15.6 Å². The highest BCUT2D eigenvalue weighted by molar-refractivity contribution is 7.60. The summed E-state index contributed by atoms with van der Waals surface area (Å²) in [5.41, 5.74) is 0.0929. The van der Waals surface area contributed by atoms with Crippen molar-refractivity contribution in [2.24, 2.45) is 0 Å². The SMILES string of the molecule is O=P(O)(O)OP(=O)(O)OC[C@H]1O[C@@H](n2cnc3c(O)ncnc32)[C@H](O)[C@@H]1O. The molecule has 15 nitrogen and oxygen atoms in total. The largest absolute Gasteiger partial charge is 0.492 e. The number of imidazole rings is 1. The Morgan fingerprint density at radius 1 is 1.15 bits per heavy atom. The van der Waals surface area contributed by atoms with E-state index in [1.807, 2.05) is 0 Å². The molecule has 1 unspecified atom stereocenters. The molecule has 0 spiro atoms. The van der Waals surface area contributed by atoms with E-state index < -0.39 is 52.7 Å². The van der Waals surface area contributed by atoms with Crippen molar-refractivity contribution in [1.29, 1.82) is 0 Å². The van der Waals surface area contributed by atoms with Gasteiger partial charge in [0.1, 0.15) is 24.6 Å². The number of aliphatic hydroxyl groups is 2. The Morgan fingerprint density at radius 2 is 1.85 bits per heavy atom. The van der Waals surface area contributed by atoms with Crippen LogP contribution in [-0.2, 0) is 22.7 Å². The van der Waals surface area contributed by atoms with Gasteiger partial charge in [-0.15, -0.1) is 0 Å². The molecule has 0 bridgehead atoms. The molecule has 2 aromatic heterocycles. The van der Waals surface area contributed by atoms with Crippen molar-refractivity contribution in [1.82, 2.24) is 19.5 Å². The van der Waals surface area contributed by atoms with Crippen molar-refractivity contribution in [2.75, 3.05) is 6.61 Å². The number of rotatable bonds is 6. The van der Waals surface area contributed by atoms with E-state index in [-0.39, 0.29) is 11.2 Å². The van der Waals surface area contributed by atoms with Gasteiger partial charge in [0.2, 0.25) is 5.88 Å². The maximum Gasteiger partial charge on any atom is 0.481 e. The first-order valence-electron chi connectivity index (χ1n) is 7.11. The van der Waals surface area contributed by atoms with E-state index in [4.69, 9.17) is 14.5 Å². The van der Waals surface area contributed by atoms with Gasteiger partial charge in [-0.25, -0.2) is 19.1 Å². The minimum Gasteiger partial charge on any atom is -0.492 e. The van der Waals surface area contributed by atoms with Crippen molar-refractivity contribution in [2.45, 2.75) is 24.5 Å². The molecule has 5 atom stereocenters. The minimum absolute atomic E-state index is 0.0115. The topological polar surface area (TPSA) is 227 Å². The first-order valence-corrected chi connectivity index (χ1v) is 10.1. The maximum atomic E-state index is 11.5. The third-order valence-electron chi connectivity index (χ3n) is 3.56. The summed E-state index contributed by atoms with van der Waals surface area (Å²) in [5.74, 6) is -0.414. The summed E-state index contributed by atoms with van der Waals surface area (Å²) in [6.45, 7) is -0.838. The summed E-state index contributed by atoms with van der Waals surface area (Å²) in [6.07, 6.45) is -3.56. The Labute approximate surface area is 149 Å². The number of phosphoric acid groups is 2. The van der Waals surface area contributed by atoms with Crippen LogP contribution in [0.5, 0.6) is 5.88 Å². The fourth-order valence-corrected chi connectivity index (χ4v) is 4.05. The number of nitrogens with zero attached hydrogens (tertiary/aromatic N) is 4. The first-order chi connectivity index (χ1) is 12.5. The fourth-order valence-electron chi connectivity index (χ4n) is 2.45. The van der Waals surface area contributed by atoms with Gasteiger partial charge in [0.15, 0.2) is 17.4 Å². The van der Waals surface area contributed by atoms with Gasteiger partial charge in [0.25, 0.3) is 0 Å². The Balaban J connectivity index is 1.75. The van der Waals surface area contributed by atoms with Gasteiger partial charge < -0.3 is 34.7 Å². The molecule has 0 amide bonds. The van der Waals surface area contributed by atoms with Crippen LogP contribution >= 0.6 is 15.6 Å². The summed E-state index contributed by atoms with van der Waals surface area (Å²) in [7, 11) is -10.4. The van der Waals surface area contributed by atoms with Crippen LogP contribution in [0.1, 0.15) is 6.23 Å². The predicted molar refractivity (Wildman–Crippen MR) is 81.8 cm³/mol. The van der Waals surface area contributed by atoms with Gasteiger partial charge in [-0.3, -0.25) is 9.09 Å². The number of hydrogen-bond donors (Lipinski definition) is 6. The molecule has 2 aromatic rings. The van der Waals surface area contributed by atoms with E-state index in [1.165, 1.54) is 4.57 Å². The lowest BCUT2D eigenvalue weighted by Crippen LogP contribution is -2.33. The molecular formula is C10H14N4O11P2. The molecule has 3 heterocycles. The van der Waals surface area contributed by atoms with E-state index in [2.05, 4.69) is 23.8 Å². The lowest BCUT2D eigenvalue weighted by molar-refractivity contribution is -0.0503. The third-order valence-corrected chi connectivity index (χ3v) is 5.71. The zero-order valence-corrected chi connectivity index (χ0v) is 14.9. The highest BCUT2D eigenvalue weighted by Gasteiger charge is 2.46. The van der Waals surface area contributed by atoms with Crippen LogP contribution in [0.3, 0.4) is 0 Å². The monoisotopic (exact) mass is 428 g/mol. The first kappa shape index (κ1) is 20.2. The Morgan fingerprint density at radius 3 is 2.52 bits per heavy atom. The van der Waals surface area contributed by atoms with Gasteiger partial charge in [-0.05, 0) is 0 Å². The minimum atomic E-state index is -5.30. The number of aliphatic hydroxyl groups excluding tert-OH is 2. The molecule has 3 rings (SSSR count). The summed E-state index contributed by atoms with van der Waals surface area (Å²) in [5, 5.41) is 29.8. The maximum absolute atomic E-state index is 11.5. The number of aromatic nitrogens is 4. The number of fused-ring (bicyclic) bond motifs is 1. The average molecular weight is 428 g/mol. The smallest absolute Gasteiger partial charge is 0.481 e. The molecule has 1 aliphatic rings. The average Bonchev–Trinajstić information content (AvgIpc) is 3.07. The summed E-state index contributed by atoms with van der Waals surface area (Å²) >= 11 is 0. The Kier molecular flexibility index (Phi) is 5.35. The Hall–Kier alpha value is -1.51. The predicted octanol–water partition coefficient (Wildman–Crippen LogP) is -1.62. The summed E-state index contributed by atoms with van der Waals surface area (Å²) in [4.78, 5) is 37.6. The van der Waals surface area contributed by atoms with Gasteiger partial charge in [0.05, 0.1) is 12.9 Å². The highest BCUT2D eigenvalue weighted by Crippen LogP contribution is 2.57. The number of phosphoric ester groups is 1. The number of ether oxygens (including phenoxy) is 1. The summed E-state index contributed by atoms with van der Waals surface area (Å²) < 4.78 is 36.6. The number of aromatic hydroxyl groups is 1. The van der Waals surface area contributed by atoms with Crippen LogP contribution in [0.15, 0.2) is 12.7 Å². The normalized spacial score (nSPS) is 28.5. The zero-order chi connectivity index (χ0) is 20.0. The lowest BCUT2D eigenvalue weighted by atomic mass is 10.1. The zero-order valence-electron chi connectivity index (χ0n) is 13.1. The molecule has 0 radical (unpaired) electrons. The van der Waals surface area contributed by atoms with E-state index in [0.29, 0.717) is 0 Å². The molecule has 17 heteroatoms. The molecular weight excluding hydrogens is 414 g/mol. The van der Waals surface area contributed by atoms with Crippen LogP contribution in [-0.4, -0.2) is 74.4 Å². The third kappa shape index (κ3) is 4.33. The summed E-state index contributed by atoms with van der Waals surface area (Å²) in [6, 6.07) is 0. The molecule has 1 fully saturated rings. The quantitative estimate of drug-likeness (QED) is 0.284. The van der Waals surface area contributed by atoms with E-state index in [9.17, 15) is 29.3 Å². The standard InChI is InChI=1S/C10H14N4O11P2/c15-6-4(1-23-27(21,22)25-26(18,19)20)24-10(7(6)16)14-3-13-5-8(14)11-2-12-9(5)17/h2-4,6-7,10,15-16H,1H2,(H,21,22)(H,11,12,17)(H2,18,19,20)/t4-,6-,7-,10-/m1/s1. The highest BCUT2D eigenvalue weighted by atomic mass is 31.3. The van der Waals surface area contributed by atoms with Crippen LogP contribution < -0.4 is 0 Å². The molecule has 1 aliphatic heterocycles. The molecule has 0 aliphatic carbocycles. The molecule has 27 heavy (non-hydrogen) atoms. The molecule has 0 aromatic carbocycles. The van der Waals surface area contributed by atoms with Crippen molar-refractivity contribution in [3.05, 3.63) is 12.7 Å². The second-order valence-corrected chi connectivity index (χ2v) is 8.23. The Bertz CT molecular complexity index is 931. The molecule has 1 saturated heterocycles. The van der Waals surface area contributed by atoms with Crippen molar-refractivity contribution < 1.29 is 52.7 Å². The van der Waals surface area contributed by atoms with Crippen molar-refractivity contribution in [3.8, 4) is 5.88 Å². The second-order valence-electron chi connectivity index (χ2n) is 5.40. The van der Waals surface area contributed by atoms with Crippen LogP contribution in [0, 0.1) is 0 Å². The van der Waals surface area contributed by atoms with Crippen molar-refractivity contribution in [3.63, 3.8) is 0 Å². The van der Waals surface area contributed by atoms with Crippen LogP contribution in [0.2, 0.25) is 0 Å². The van der Waals surface area contributed by atoms with Crippen LogP contribution in [0.4, 0.5) is 0 Å². The molecule has 6 N–H and O–H groups in total. The lowest BCUT2D eigenvalue weighted by Gasteiger charge is -2.17. The van der Waals surface area contributed by atoms with Gasteiger partial charge in [-0.1, -0.05) is 0 Å². The van der Waals surface area contributed by atoms with Gasteiger partial charge in [0, 0.05) is 0 Å². The molecule has 0 saturated carbocycles. The van der Waals surface area contributed by atoms with E-state index >= 15 is 0 Å². The molecule has 150 valence electrons. The van der Waals surface area contributed by atoms with Gasteiger partial charge in [-0.2, -0.15) is 9.29 Å². The van der Waals surface area contributed by atoms with Crippen LogP contribution in [0.25, 0.3) is 11.2 Å². The second kappa shape index (κ2) is 7.14. The fraction of sp³-hybridized carbons (Fsp3) is 0.500.